The number of piperazine rings is 1. The maximum absolute atomic E-state index is 12.2. The number of hydrogen-bond acceptors (Lipinski definition) is 6. The molecule has 3 rings (SSSR count). The Kier molecular flexibility index (Phi) is 4.36. The van der Waals surface area contributed by atoms with Crippen LogP contribution in [-0.2, 0) is 9.53 Å². The number of carbonyl (C=O) groups excluding carboxylic acids is 2. The molecular formula is C14H19N5O3. The van der Waals surface area contributed by atoms with Crippen molar-refractivity contribution in [1.29, 1.82) is 0 Å². The minimum atomic E-state index is -0.321. The third-order valence-corrected chi connectivity index (χ3v) is 3.91. The largest absolute Gasteiger partial charge is 0.448 e. The third-order valence-electron chi connectivity index (χ3n) is 3.91. The van der Waals surface area contributed by atoms with Crippen molar-refractivity contribution in [3.05, 3.63) is 18.5 Å². The van der Waals surface area contributed by atoms with Gasteiger partial charge in [-0.25, -0.2) is 14.8 Å². The smallest absolute Gasteiger partial charge is 0.409 e. The van der Waals surface area contributed by atoms with Crippen LogP contribution in [0, 0.1) is 0 Å². The fourth-order valence-electron chi connectivity index (χ4n) is 2.63. The molecule has 2 aliphatic rings. The van der Waals surface area contributed by atoms with E-state index in [-0.39, 0.29) is 12.0 Å². The van der Waals surface area contributed by atoms with Gasteiger partial charge >= 0.3 is 6.09 Å². The van der Waals surface area contributed by atoms with E-state index in [4.69, 9.17) is 4.74 Å². The van der Waals surface area contributed by atoms with Crippen LogP contribution in [-0.4, -0.2) is 77.6 Å². The zero-order valence-electron chi connectivity index (χ0n) is 12.3. The van der Waals surface area contributed by atoms with Gasteiger partial charge in [0.25, 0.3) is 0 Å². The molecule has 0 saturated carbocycles. The number of ether oxygens (including phenoxy) is 1. The Morgan fingerprint density at radius 1 is 1.14 bits per heavy atom. The second-order valence-electron chi connectivity index (χ2n) is 5.27. The molecule has 118 valence electrons. The van der Waals surface area contributed by atoms with Crippen molar-refractivity contribution in [2.45, 2.75) is 6.42 Å². The molecule has 3 heterocycles. The van der Waals surface area contributed by atoms with Gasteiger partial charge < -0.3 is 19.4 Å². The zero-order chi connectivity index (χ0) is 15.4. The standard InChI is InChI=1S/C14H19N5O3/c20-12(2-5-19-10-11-22-14(19)21)17-6-8-18(9-7-17)13-15-3-1-4-16-13/h1,3-4H,2,5-11H2. The number of cyclic esters (lactones) is 1. The molecule has 0 bridgehead atoms. The molecule has 0 atom stereocenters. The molecule has 2 saturated heterocycles. The fourth-order valence-corrected chi connectivity index (χ4v) is 2.63. The molecule has 8 heteroatoms. The number of anilines is 1. The highest BCUT2D eigenvalue weighted by molar-refractivity contribution is 5.77. The van der Waals surface area contributed by atoms with Crippen LogP contribution in [0.4, 0.5) is 10.7 Å². The Balaban J connectivity index is 1.45. The van der Waals surface area contributed by atoms with Crippen molar-refractivity contribution < 1.29 is 14.3 Å². The summed E-state index contributed by atoms with van der Waals surface area (Å²) < 4.78 is 4.85. The average Bonchev–Trinajstić information content (AvgIpc) is 2.99. The van der Waals surface area contributed by atoms with E-state index >= 15 is 0 Å². The predicted octanol–water partition coefficient (Wildman–Crippen LogP) is -0.0325. The highest BCUT2D eigenvalue weighted by Gasteiger charge is 2.25. The molecule has 2 aliphatic heterocycles. The van der Waals surface area contributed by atoms with Gasteiger partial charge in [-0.3, -0.25) is 4.79 Å². The van der Waals surface area contributed by atoms with Crippen molar-refractivity contribution in [1.82, 2.24) is 19.8 Å². The number of carbonyl (C=O) groups is 2. The van der Waals surface area contributed by atoms with E-state index in [0.29, 0.717) is 45.2 Å². The molecule has 1 aromatic heterocycles. The molecule has 0 radical (unpaired) electrons. The zero-order valence-corrected chi connectivity index (χ0v) is 12.3. The lowest BCUT2D eigenvalue weighted by Gasteiger charge is -2.34. The lowest BCUT2D eigenvalue weighted by atomic mass is 10.2. The molecule has 0 spiro atoms. The molecule has 2 amide bonds. The van der Waals surface area contributed by atoms with E-state index in [9.17, 15) is 9.59 Å². The Hall–Kier alpha value is -2.38. The molecule has 0 N–H and O–H groups in total. The van der Waals surface area contributed by atoms with Crippen LogP contribution in [0.15, 0.2) is 18.5 Å². The van der Waals surface area contributed by atoms with Gasteiger partial charge in [0.2, 0.25) is 11.9 Å². The summed E-state index contributed by atoms with van der Waals surface area (Å²) in [4.78, 5) is 37.4. The van der Waals surface area contributed by atoms with Gasteiger partial charge in [0, 0.05) is 51.5 Å². The molecule has 8 nitrogen and oxygen atoms in total. The Morgan fingerprint density at radius 2 is 1.86 bits per heavy atom. The van der Waals surface area contributed by atoms with Gasteiger partial charge in [0.05, 0.1) is 6.54 Å². The fraction of sp³-hybridized carbons (Fsp3) is 0.571. The second-order valence-corrected chi connectivity index (χ2v) is 5.27. The summed E-state index contributed by atoms with van der Waals surface area (Å²) >= 11 is 0. The minimum Gasteiger partial charge on any atom is -0.448 e. The van der Waals surface area contributed by atoms with Gasteiger partial charge in [0.1, 0.15) is 6.61 Å². The minimum absolute atomic E-state index is 0.0772. The molecule has 0 unspecified atom stereocenters. The summed E-state index contributed by atoms with van der Waals surface area (Å²) in [7, 11) is 0. The van der Waals surface area contributed by atoms with Crippen molar-refractivity contribution in [2.75, 3.05) is 50.8 Å². The van der Waals surface area contributed by atoms with Gasteiger partial charge in [0.15, 0.2) is 0 Å². The Bertz CT molecular complexity index is 531. The van der Waals surface area contributed by atoms with E-state index in [1.54, 1.807) is 23.4 Å². The van der Waals surface area contributed by atoms with Crippen LogP contribution in [0.1, 0.15) is 6.42 Å². The molecule has 2 fully saturated rings. The summed E-state index contributed by atoms with van der Waals surface area (Å²) in [5.41, 5.74) is 0. The van der Waals surface area contributed by atoms with Crippen LogP contribution >= 0.6 is 0 Å². The Morgan fingerprint density at radius 3 is 2.50 bits per heavy atom. The average molecular weight is 305 g/mol. The van der Waals surface area contributed by atoms with Gasteiger partial charge in [-0.15, -0.1) is 0 Å². The number of rotatable bonds is 4. The number of aromatic nitrogens is 2. The monoisotopic (exact) mass is 305 g/mol. The highest BCUT2D eigenvalue weighted by Crippen LogP contribution is 2.11. The van der Waals surface area contributed by atoms with Crippen molar-refractivity contribution in [3.63, 3.8) is 0 Å². The number of nitrogens with zero attached hydrogens (tertiary/aromatic N) is 5. The number of amides is 2. The molecule has 0 aliphatic carbocycles. The lowest BCUT2D eigenvalue weighted by Crippen LogP contribution is -2.49. The lowest BCUT2D eigenvalue weighted by molar-refractivity contribution is -0.131. The van der Waals surface area contributed by atoms with Crippen molar-refractivity contribution >= 4 is 17.9 Å². The van der Waals surface area contributed by atoms with Crippen LogP contribution in [0.2, 0.25) is 0 Å². The summed E-state index contributed by atoms with van der Waals surface area (Å²) in [5.74, 6) is 0.780. The van der Waals surface area contributed by atoms with Gasteiger partial charge in [-0.05, 0) is 6.07 Å². The third kappa shape index (κ3) is 3.26. The van der Waals surface area contributed by atoms with E-state index in [0.717, 1.165) is 13.1 Å². The first-order chi connectivity index (χ1) is 10.7. The summed E-state index contributed by atoms with van der Waals surface area (Å²) in [6.07, 6.45) is 3.46. The molecular weight excluding hydrogens is 286 g/mol. The van der Waals surface area contributed by atoms with E-state index in [2.05, 4.69) is 14.9 Å². The van der Waals surface area contributed by atoms with Crippen molar-refractivity contribution in [2.24, 2.45) is 0 Å². The van der Waals surface area contributed by atoms with Crippen LogP contribution in [0.3, 0.4) is 0 Å². The maximum atomic E-state index is 12.2. The van der Waals surface area contributed by atoms with E-state index in [1.165, 1.54) is 0 Å². The van der Waals surface area contributed by atoms with Crippen LogP contribution in [0.25, 0.3) is 0 Å². The second kappa shape index (κ2) is 6.59. The summed E-state index contributed by atoms with van der Waals surface area (Å²) in [6, 6.07) is 1.78. The van der Waals surface area contributed by atoms with Gasteiger partial charge in [-0.2, -0.15) is 0 Å². The van der Waals surface area contributed by atoms with E-state index in [1.807, 2.05) is 4.90 Å². The Labute approximate surface area is 128 Å². The van der Waals surface area contributed by atoms with Crippen LogP contribution in [0.5, 0.6) is 0 Å². The molecule has 22 heavy (non-hydrogen) atoms. The first kappa shape index (κ1) is 14.6. The maximum Gasteiger partial charge on any atom is 0.409 e. The molecule has 1 aromatic rings. The van der Waals surface area contributed by atoms with Crippen molar-refractivity contribution in [3.8, 4) is 0 Å². The van der Waals surface area contributed by atoms with E-state index < -0.39 is 0 Å². The predicted molar refractivity (Wildman–Crippen MR) is 78.4 cm³/mol. The number of hydrogen-bond donors (Lipinski definition) is 0. The van der Waals surface area contributed by atoms with Crippen LogP contribution < -0.4 is 4.90 Å². The quantitative estimate of drug-likeness (QED) is 0.777. The topological polar surface area (TPSA) is 78.9 Å². The summed E-state index contributed by atoms with van der Waals surface area (Å²) in [5, 5.41) is 0. The highest BCUT2D eigenvalue weighted by atomic mass is 16.6. The van der Waals surface area contributed by atoms with Gasteiger partial charge in [-0.1, -0.05) is 0 Å². The normalized spacial score (nSPS) is 18.5. The first-order valence-electron chi connectivity index (χ1n) is 7.45. The SMILES string of the molecule is O=C(CCN1CCOC1=O)N1CCN(c2ncccn2)CC1. The first-order valence-corrected chi connectivity index (χ1v) is 7.45. The molecule has 0 aromatic carbocycles. The summed E-state index contributed by atoms with van der Waals surface area (Å²) in [6.45, 7) is 4.18.